The number of hydrogen-bond acceptors (Lipinski definition) is 2. The van der Waals surface area contributed by atoms with Gasteiger partial charge in [-0.1, -0.05) is 72.8 Å². The first-order chi connectivity index (χ1) is 19.3. The number of hydrogen-bond donors (Lipinski definition) is 0. The van der Waals surface area contributed by atoms with E-state index in [0.717, 1.165) is 22.2 Å². The van der Waals surface area contributed by atoms with E-state index in [1.165, 1.54) is 58.5 Å². The molecule has 9 aromatic rings. The highest BCUT2D eigenvalue weighted by Crippen LogP contribution is 2.41. The molecule has 2 nitrogen and oxygen atoms in total. The Morgan fingerprint density at radius 1 is 0.487 bits per heavy atom. The quantitative estimate of drug-likeness (QED) is 0.224. The van der Waals surface area contributed by atoms with Crippen LogP contribution in [0.15, 0.2) is 132 Å². The molecule has 0 unspecified atom stereocenters. The Bertz CT molecular complexity index is 2350. The van der Waals surface area contributed by atoms with Crippen molar-refractivity contribution in [3.8, 4) is 16.8 Å². The van der Waals surface area contributed by atoms with Gasteiger partial charge < -0.3 is 8.98 Å². The van der Waals surface area contributed by atoms with E-state index in [4.69, 9.17) is 4.42 Å². The van der Waals surface area contributed by atoms with Crippen LogP contribution in [0, 0.1) is 0 Å². The summed E-state index contributed by atoms with van der Waals surface area (Å²) in [6, 6.07) is 45.8. The Labute approximate surface area is 227 Å². The first-order valence-electron chi connectivity index (χ1n) is 13.2. The Hall–Kier alpha value is -4.86. The van der Waals surface area contributed by atoms with E-state index >= 15 is 0 Å². The van der Waals surface area contributed by atoms with Crippen molar-refractivity contribution in [3.63, 3.8) is 0 Å². The van der Waals surface area contributed by atoms with Gasteiger partial charge in [-0.05, 0) is 59.7 Å². The normalized spacial score (nSPS) is 12.1. The lowest BCUT2D eigenvalue weighted by molar-refractivity contribution is 0.668. The monoisotopic (exact) mass is 515 g/mol. The maximum Gasteiger partial charge on any atom is 0.137 e. The zero-order valence-electron chi connectivity index (χ0n) is 20.9. The highest BCUT2D eigenvalue weighted by molar-refractivity contribution is 7.25. The van der Waals surface area contributed by atoms with E-state index in [-0.39, 0.29) is 0 Å². The van der Waals surface area contributed by atoms with Crippen LogP contribution in [0.25, 0.3) is 80.7 Å². The number of fused-ring (bicyclic) bond motifs is 9. The molecule has 0 spiro atoms. The number of para-hydroxylation sites is 2. The average molecular weight is 516 g/mol. The molecule has 3 heterocycles. The van der Waals surface area contributed by atoms with Crippen molar-refractivity contribution in [2.45, 2.75) is 0 Å². The molecule has 3 aromatic heterocycles. The van der Waals surface area contributed by atoms with Crippen LogP contribution in [-0.4, -0.2) is 4.57 Å². The summed E-state index contributed by atoms with van der Waals surface area (Å²) in [4.78, 5) is 0. The molecule has 0 atom stereocenters. The van der Waals surface area contributed by atoms with Gasteiger partial charge >= 0.3 is 0 Å². The first-order valence-corrected chi connectivity index (χ1v) is 14.0. The smallest absolute Gasteiger partial charge is 0.137 e. The summed E-state index contributed by atoms with van der Waals surface area (Å²) in [6.07, 6.45) is 0. The van der Waals surface area contributed by atoms with Gasteiger partial charge in [0.25, 0.3) is 0 Å². The third-order valence-corrected chi connectivity index (χ3v) is 9.16. The number of aromatic nitrogens is 1. The summed E-state index contributed by atoms with van der Waals surface area (Å²) >= 11 is 1.85. The van der Waals surface area contributed by atoms with Gasteiger partial charge in [0.1, 0.15) is 11.2 Å². The zero-order valence-corrected chi connectivity index (χ0v) is 21.7. The van der Waals surface area contributed by atoms with Crippen LogP contribution in [0.3, 0.4) is 0 Å². The maximum absolute atomic E-state index is 6.51. The van der Waals surface area contributed by atoms with Gasteiger partial charge in [-0.2, -0.15) is 0 Å². The minimum absolute atomic E-state index is 0.902. The number of furan rings is 1. The van der Waals surface area contributed by atoms with Gasteiger partial charge in [-0.15, -0.1) is 11.3 Å². The Morgan fingerprint density at radius 2 is 1.21 bits per heavy atom. The Balaban J connectivity index is 1.28. The van der Waals surface area contributed by atoms with Crippen LogP contribution in [0.5, 0.6) is 0 Å². The molecule has 0 saturated heterocycles. The predicted octanol–water partition coefficient (Wildman–Crippen LogP) is 10.7. The highest BCUT2D eigenvalue weighted by Gasteiger charge is 2.16. The molecule has 182 valence electrons. The molecule has 0 N–H and O–H groups in total. The second-order valence-corrected chi connectivity index (χ2v) is 11.2. The molecule has 0 aliphatic carbocycles. The van der Waals surface area contributed by atoms with Crippen molar-refractivity contribution in [1.82, 2.24) is 4.57 Å². The zero-order chi connectivity index (χ0) is 25.5. The standard InChI is InChI=1S/C36H21NOS/c1-4-12-30-25(8-1)26-9-2-5-13-31(26)37(30)23-17-18-28-33(21-23)38-32-14-7-11-24(36(28)32)22-16-19-35-29(20-22)27-10-3-6-15-34(27)39-35/h1-21H. The minimum Gasteiger partial charge on any atom is -0.456 e. The fraction of sp³-hybridized carbons (Fsp3) is 0. The van der Waals surface area contributed by atoms with Crippen molar-refractivity contribution in [2.75, 3.05) is 0 Å². The summed E-state index contributed by atoms with van der Waals surface area (Å²) < 4.78 is 11.5. The van der Waals surface area contributed by atoms with Crippen LogP contribution in [0.1, 0.15) is 0 Å². The van der Waals surface area contributed by atoms with E-state index in [9.17, 15) is 0 Å². The lowest BCUT2D eigenvalue weighted by atomic mass is 9.98. The fourth-order valence-electron chi connectivity index (χ4n) is 6.29. The van der Waals surface area contributed by atoms with Crippen LogP contribution in [0.2, 0.25) is 0 Å². The fourth-order valence-corrected chi connectivity index (χ4v) is 7.37. The van der Waals surface area contributed by atoms with Gasteiger partial charge in [0.05, 0.1) is 11.0 Å². The molecule has 0 amide bonds. The number of nitrogens with zero attached hydrogens (tertiary/aromatic N) is 1. The molecule has 0 aliphatic heterocycles. The molecule has 0 fully saturated rings. The maximum atomic E-state index is 6.51. The number of thiophene rings is 1. The summed E-state index contributed by atoms with van der Waals surface area (Å²) in [5, 5.41) is 7.46. The van der Waals surface area contributed by atoms with Gasteiger partial charge in [0, 0.05) is 53.5 Å². The minimum atomic E-state index is 0.902. The summed E-state index contributed by atoms with van der Waals surface area (Å²) in [5.74, 6) is 0. The van der Waals surface area contributed by atoms with Gasteiger partial charge in [-0.3, -0.25) is 0 Å². The topological polar surface area (TPSA) is 18.1 Å². The Kier molecular flexibility index (Phi) is 4.24. The third-order valence-electron chi connectivity index (χ3n) is 8.01. The van der Waals surface area contributed by atoms with Crippen molar-refractivity contribution in [3.05, 3.63) is 127 Å². The molecule has 39 heavy (non-hydrogen) atoms. The van der Waals surface area contributed by atoms with Crippen LogP contribution in [-0.2, 0) is 0 Å². The van der Waals surface area contributed by atoms with E-state index in [0.29, 0.717) is 0 Å². The van der Waals surface area contributed by atoms with Crippen molar-refractivity contribution >= 4 is 75.3 Å². The van der Waals surface area contributed by atoms with Gasteiger partial charge in [0.2, 0.25) is 0 Å². The van der Waals surface area contributed by atoms with E-state index in [1.807, 2.05) is 11.3 Å². The highest BCUT2D eigenvalue weighted by atomic mass is 32.1. The van der Waals surface area contributed by atoms with E-state index in [1.54, 1.807) is 0 Å². The largest absolute Gasteiger partial charge is 0.456 e. The molecule has 9 rings (SSSR count). The number of benzene rings is 6. The average Bonchev–Trinajstić information content (AvgIpc) is 3.65. The Morgan fingerprint density at radius 3 is 2.03 bits per heavy atom. The summed E-state index contributed by atoms with van der Waals surface area (Å²) in [6.45, 7) is 0. The summed E-state index contributed by atoms with van der Waals surface area (Å²) in [5.41, 5.74) is 7.74. The van der Waals surface area contributed by atoms with Crippen molar-refractivity contribution in [1.29, 1.82) is 0 Å². The number of rotatable bonds is 2. The molecule has 0 radical (unpaired) electrons. The van der Waals surface area contributed by atoms with Gasteiger partial charge in [0.15, 0.2) is 0 Å². The summed E-state index contributed by atoms with van der Waals surface area (Å²) in [7, 11) is 0. The van der Waals surface area contributed by atoms with Crippen LogP contribution < -0.4 is 0 Å². The predicted molar refractivity (Wildman–Crippen MR) is 166 cm³/mol. The van der Waals surface area contributed by atoms with Gasteiger partial charge in [-0.25, -0.2) is 0 Å². The van der Waals surface area contributed by atoms with Crippen LogP contribution >= 0.6 is 11.3 Å². The molecular weight excluding hydrogens is 494 g/mol. The second kappa shape index (κ2) is 7.83. The molecule has 3 heteroatoms. The van der Waals surface area contributed by atoms with E-state index < -0.39 is 0 Å². The lowest BCUT2D eigenvalue weighted by Gasteiger charge is -2.08. The van der Waals surface area contributed by atoms with Crippen molar-refractivity contribution < 1.29 is 4.42 Å². The molecule has 6 aromatic carbocycles. The van der Waals surface area contributed by atoms with Crippen molar-refractivity contribution in [2.24, 2.45) is 0 Å². The second-order valence-electron chi connectivity index (χ2n) is 10.1. The molecular formula is C36H21NOS. The lowest BCUT2D eigenvalue weighted by Crippen LogP contribution is -1.93. The molecule has 0 bridgehead atoms. The molecule has 0 saturated carbocycles. The first kappa shape index (κ1) is 21.1. The third kappa shape index (κ3) is 2.96. The van der Waals surface area contributed by atoms with E-state index in [2.05, 4.69) is 132 Å². The SMILES string of the molecule is c1cc(-c2ccc3sc4ccccc4c3c2)c2c(c1)oc1cc(-n3c4ccccc4c4ccccc43)ccc12. The molecule has 0 aliphatic rings. The van der Waals surface area contributed by atoms with Crippen LogP contribution in [0.4, 0.5) is 0 Å².